The van der Waals surface area contributed by atoms with Crippen LogP contribution in [0.25, 0.3) is 44.5 Å². The summed E-state index contributed by atoms with van der Waals surface area (Å²) in [6.45, 7) is 3.03. The van der Waals surface area contributed by atoms with E-state index < -0.39 is 10.1 Å². The van der Waals surface area contributed by atoms with E-state index in [2.05, 4.69) is 22.5 Å². The number of para-hydroxylation sites is 1. The molecule has 8 heteroatoms. The molecule has 0 bridgehead atoms. The van der Waals surface area contributed by atoms with Crippen LogP contribution in [0.2, 0.25) is 0 Å². The fraction of sp³-hybridized carbons (Fsp3) is 0.154. The molecule has 0 spiro atoms. The minimum absolute atomic E-state index is 0.0797. The Morgan fingerprint density at radius 3 is 2.41 bits per heavy atom. The number of oxazole rings is 1. The normalized spacial score (nSPS) is 11.9. The van der Waals surface area contributed by atoms with Gasteiger partial charge in [-0.1, -0.05) is 43.3 Å². The SMILES string of the molecule is CCC[n+]1ccc(-c2ncc(-c3cc(S(=O)(=O)O)c(OC)c4ccccc34)o2)c2ccccc21. The maximum Gasteiger partial charge on any atom is 0.298 e. The van der Waals surface area contributed by atoms with Crippen molar-refractivity contribution in [3.63, 3.8) is 0 Å². The van der Waals surface area contributed by atoms with Gasteiger partial charge in [0, 0.05) is 29.5 Å². The van der Waals surface area contributed by atoms with Gasteiger partial charge in [0.05, 0.1) is 24.3 Å². The van der Waals surface area contributed by atoms with Gasteiger partial charge in [0.1, 0.15) is 17.2 Å². The number of pyridine rings is 1. The molecule has 0 amide bonds. The number of fused-ring (bicyclic) bond motifs is 2. The molecule has 0 aliphatic carbocycles. The quantitative estimate of drug-likeness (QED) is 0.266. The molecule has 0 unspecified atom stereocenters. The van der Waals surface area contributed by atoms with Crippen molar-refractivity contribution in [3.05, 3.63) is 73.1 Å². The van der Waals surface area contributed by atoms with Crippen molar-refractivity contribution in [2.24, 2.45) is 0 Å². The molecule has 7 nitrogen and oxygen atoms in total. The van der Waals surface area contributed by atoms with Gasteiger partial charge in [0.2, 0.25) is 11.4 Å². The Hall–Kier alpha value is -3.75. The largest absolute Gasteiger partial charge is 0.495 e. The van der Waals surface area contributed by atoms with E-state index in [9.17, 15) is 13.0 Å². The van der Waals surface area contributed by atoms with Crippen LogP contribution in [0.4, 0.5) is 0 Å². The number of methoxy groups -OCH3 is 1. The first kappa shape index (κ1) is 22.1. The third-order valence-corrected chi connectivity index (χ3v) is 6.69. The number of aromatic nitrogens is 2. The summed E-state index contributed by atoms with van der Waals surface area (Å²) in [6.07, 6.45) is 4.60. The number of rotatable bonds is 6. The number of hydrogen-bond donors (Lipinski definition) is 1. The molecule has 0 aliphatic rings. The zero-order valence-electron chi connectivity index (χ0n) is 18.7. The lowest BCUT2D eigenvalue weighted by Gasteiger charge is -2.13. The maximum absolute atomic E-state index is 12.1. The number of hydrogen-bond acceptors (Lipinski definition) is 5. The molecule has 1 N–H and O–H groups in total. The molecular formula is C26H23N2O5S+. The lowest BCUT2D eigenvalue weighted by atomic mass is 10.0. The molecule has 5 aromatic rings. The zero-order valence-corrected chi connectivity index (χ0v) is 19.5. The van der Waals surface area contributed by atoms with Crippen LogP contribution in [0.5, 0.6) is 5.75 Å². The van der Waals surface area contributed by atoms with Crippen LogP contribution in [-0.4, -0.2) is 25.1 Å². The van der Waals surface area contributed by atoms with Gasteiger partial charge in [0.25, 0.3) is 10.1 Å². The fourth-order valence-electron chi connectivity index (χ4n) is 4.36. The van der Waals surface area contributed by atoms with Crippen LogP contribution in [0.1, 0.15) is 13.3 Å². The molecule has 172 valence electrons. The van der Waals surface area contributed by atoms with Gasteiger partial charge < -0.3 is 9.15 Å². The summed E-state index contributed by atoms with van der Waals surface area (Å²) in [7, 11) is -3.17. The molecule has 34 heavy (non-hydrogen) atoms. The smallest absolute Gasteiger partial charge is 0.298 e. The van der Waals surface area contributed by atoms with Crippen LogP contribution < -0.4 is 9.30 Å². The van der Waals surface area contributed by atoms with Crippen LogP contribution >= 0.6 is 0 Å². The maximum atomic E-state index is 12.1. The van der Waals surface area contributed by atoms with Crippen LogP contribution in [-0.2, 0) is 16.7 Å². The predicted octanol–water partition coefficient (Wildman–Crippen LogP) is 5.27. The highest BCUT2D eigenvalue weighted by Gasteiger charge is 2.24. The Morgan fingerprint density at radius 2 is 1.71 bits per heavy atom. The Labute approximate surface area is 197 Å². The number of benzene rings is 3. The summed E-state index contributed by atoms with van der Waals surface area (Å²) in [5.41, 5.74) is 2.40. The molecule has 2 aromatic heterocycles. The van der Waals surface area contributed by atoms with Crippen LogP contribution in [0.3, 0.4) is 0 Å². The third-order valence-electron chi connectivity index (χ3n) is 5.83. The summed E-state index contributed by atoms with van der Waals surface area (Å²) in [5, 5.41) is 2.26. The fourth-order valence-corrected chi connectivity index (χ4v) is 5.06. The Bertz CT molecular complexity index is 1640. The topological polar surface area (TPSA) is 93.5 Å². The van der Waals surface area contributed by atoms with Crippen molar-refractivity contribution in [2.45, 2.75) is 24.8 Å². The van der Waals surface area contributed by atoms with Gasteiger partial charge >= 0.3 is 0 Å². The van der Waals surface area contributed by atoms with E-state index in [1.54, 1.807) is 18.3 Å². The average Bonchev–Trinajstić information content (AvgIpc) is 3.32. The van der Waals surface area contributed by atoms with Gasteiger partial charge in [-0.05, 0) is 17.5 Å². The second kappa shape index (κ2) is 8.55. The molecule has 0 aliphatic heterocycles. The van der Waals surface area contributed by atoms with Gasteiger partial charge in [-0.3, -0.25) is 4.55 Å². The lowest BCUT2D eigenvalue weighted by Crippen LogP contribution is -2.33. The summed E-state index contributed by atoms with van der Waals surface area (Å²) in [5.74, 6) is 0.882. The van der Waals surface area contributed by atoms with E-state index in [1.165, 1.54) is 13.2 Å². The Kier molecular flexibility index (Phi) is 5.55. The van der Waals surface area contributed by atoms with E-state index in [-0.39, 0.29) is 10.6 Å². The number of nitrogens with zero attached hydrogens (tertiary/aromatic N) is 2. The second-order valence-electron chi connectivity index (χ2n) is 7.95. The molecule has 5 rings (SSSR count). The molecule has 2 heterocycles. The zero-order chi connectivity index (χ0) is 23.9. The van der Waals surface area contributed by atoms with E-state index in [0.717, 1.165) is 29.4 Å². The molecule has 0 fully saturated rings. The summed E-state index contributed by atoms with van der Waals surface area (Å²) < 4.78 is 47.8. The molecule has 0 atom stereocenters. The predicted molar refractivity (Wildman–Crippen MR) is 129 cm³/mol. The highest BCUT2D eigenvalue weighted by molar-refractivity contribution is 7.86. The Morgan fingerprint density at radius 1 is 1.00 bits per heavy atom. The van der Waals surface area contributed by atoms with Crippen molar-refractivity contribution < 1.29 is 26.7 Å². The second-order valence-corrected chi connectivity index (χ2v) is 9.34. The number of ether oxygens (including phenoxy) is 1. The van der Waals surface area contributed by atoms with Crippen molar-refractivity contribution >= 4 is 31.8 Å². The lowest BCUT2D eigenvalue weighted by molar-refractivity contribution is -0.671. The first-order valence-electron chi connectivity index (χ1n) is 10.9. The van der Waals surface area contributed by atoms with Crippen molar-refractivity contribution in [3.8, 4) is 28.5 Å². The highest BCUT2D eigenvalue weighted by atomic mass is 32.2. The monoisotopic (exact) mass is 475 g/mol. The molecule has 0 saturated carbocycles. The highest BCUT2D eigenvalue weighted by Crippen LogP contribution is 2.40. The third kappa shape index (κ3) is 3.70. The minimum Gasteiger partial charge on any atom is -0.495 e. The molecule has 0 radical (unpaired) electrons. The van der Waals surface area contributed by atoms with Gasteiger partial charge in [-0.2, -0.15) is 13.0 Å². The van der Waals surface area contributed by atoms with Gasteiger partial charge in [0.15, 0.2) is 12.0 Å². The summed E-state index contributed by atoms with van der Waals surface area (Å²) >= 11 is 0. The van der Waals surface area contributed by atoms with Gasteiger partial charge in [-0.15, -0.1) is 0 Å². The van der Waals surface area contributed by atoms with Crippen molar-refractivity contribution in [1.29, 1.82) is 0 Å². The van der Waals surface area contributed by atoms with E-state index >= 15 is 0 Å². The van der Waals surface area contributed by atoms with Crippen LogP contribution in [0, 0.1) is 0 Å². The standard InChI is InChI=1S/C26H22N2O5S/c1-3-13-28-14-12-20(18-9-6-7-11-22(18)28)26-27-16-23(33-26)21-15-24(34(29,30)31)25(32-2)19-10-5-4-8-17(19)21/h4-12,14-16H,3,13H2,1-2H3/p+1. The van der Waals surface area contributed by atoms with E-state index in [1.807, 2.05) is 42.6 Å². The summed E-state index contributed by atoms with van der Waals surface area (Å²) in [4.78, 5) is 4.18. The molecule has 0 saturated heterocycles. The average molecular weight is 476 g/mol. The summed E-state index contributed by atoms with van der Waals surface area (Å²) in [6, 6.07) is 18.6. The van der Waals surface area contributed by atoms with Crippen molar-refractivity contribution in [2.75, 3.05) is 7.11 Å². The van der Waals surface area contributed by atoms with E-state index in [0.29, 0.717) is 28.0 Å². The Balaban J connectivity index is 1.72. The van der Waals surface area contributed by atoms with E-state index in [4.69, 9.17) is 9.15 Å². The van der Waals surface area contributed by atoms with Crippen molar-refractivity contribution in [1.82, 2.24) is 4.98 Å². The minimum atomic E-state index is -4.54. The molecule has 3 aromatic carbocycles. The molecular weight excluding hydrogens is 452 g/mol. The first-order valence-corrected chi connectivity index (χ1v) is 12.3. The van der Waals surface area contributed by atoms with Crippen LogP contribution in [0.15, 0.2) is 82.4 Å². The van der Waals surface area contributed by atoms with Gasteiger partial charge in [-0.25, -0.2) is 4.98 Å². The number of aryl methyl sites for hydroxylation is 1. The first-order chi connectivity index (χ1) is 16.4.